The average Bonchev–Trinajstić information content (AvgIpc) is 2.31. The number of rotatable bonds is 5. The van der Waals surface area contributed by atoms with Crippen LogP contribution in [0.25, 0.3) is 0 Å². The van der Waals surface area contributed by atoms with E-state index in [2.05, 4.69) is 58.1 Å². The van der Waals surface area contributed by atoms with Crippen LogP contribution in [0.3, 0.4) is 0 Å². The van der Waals surface area contributed by atoms with Gasteiger partial charge < -0.3 is 10.4 Å². The lowest BCUT2D eigenvalue weighted by Crippen LogP contribution is -2.47. The second kappa shape index (κ2) is 5.65. The molecular formula is C15H25NO. The molecule has 0 aliphatic rings. The molecule has 0 fully saturated rings. The van der Waals surface area contributed by atoms with Crippen LogP contribution in [0.1, 0.15) is 43.9 Å². The summed E-state index contributed by atoms with van der Waals surface area (Å²) < 4.78 is 0. The smallest absolute Gasteiger partial charge is 0.0652 e. The first-order valence-corrected chi connectivity index (χ1v) is 6.39. The lowest BCUT2D eigenvalue weighted by Gasteiger charge is -2.34. The zero-order chi connectivity index (χ0) is 13.1. The van der Waals surface area contributed by atoms with Gasteiger partial charge >= 0.3 is 0 Å². The number of hydrogen-bond acceptors (Lipinski definition) is 2. The largest absolute Gasteiger partial charge is 0.394 e. The molecule has 1 aromatic carbocycles. The first-order valence-electron chi connectivity index (χ1n) is 6.39. The van der Waals surface area contributed by atoms with Gasteiger partial charge in [-0.15, -0.1) is 0 Å². The zero-order valence-electron chi connectivity index (χ0n) is 11.7. The minimum absolute atomic E-state index is 0.113. The molecule has 0 aromatic heterocycles. The van der Waals surface area contributed by atoms with Crippen molar-refractivity contribution in [1.82, 2.24) is 5.32 Å². The molecule has 0 saturated carbocycles. The lowest BCUT2D eigenvalue weighted by atomic mass is 9.87. The van der Waals surface area contributed by atoms with Gasteiger partial charge in [-0.25, -0.2) is 0 Å². The molecule has 1 aromatic rings. The third kappa shape index (κ3) is 3.30. The zero-order valence-corrected chi connectivity index (χ0v) is 11.7. The third-order valence-electron chi connectivity index (χ3n) is 3.48. The molecule has 17 heavy (non-hydrogen) atoms. The Morgan fingerprint density at radius 1 is 1.35 bits per heavy atom. The van der Waals surface area contributed by atoms with Gasteiger partial charge in [0.05, 0.1) is 12.1 Å². The van der Waals surface area contributed by atoms with Crippen LogP contribution in [0.15, 0.2) is 18.2 Å². The molecule has 0 radical (unpaired) electrons. The van der Waals surface area contributed by atoms with E-state index in [1.807, 2.05) is 0 Å². The van der Waals surface area contributed by atoms with Gasteiger partial charge in [0.1, 0.15) is 0 Å². The normalized spacial score (nSPS) is 16.6. The molecule has 96 valence electrons. The summed E-state index contributed by atoms with van der Waals surface area (Å²) in [5, 5.41) is 13.3. The maximum atomic E-state index is 9.74. The summed E-state index contributed by atoms with van der Waals surface area (Å²) in [6, 6.07) is 6.80. The molecular weight excluding hydrogens is 210 g/mol. The van der Waals surface area contributed by atoms with Crippen LogP contribution < -0.4 is 5.32 Å². The Labute approximate surface area is 105 Å². The fourth-order valence-corrected chi connectivity index (χ4v) is 2.18. The van der Waals surface area contributed by atoms with Gasteiger partial charge in [-0.3, -0.25) is 0 Å². The quantitative estimate of drug-likeness (QED) is 0.822. The Hall–Kier alpha value is -0.860. The van der Waals surface area contributed by atoms with Gasteiger partial charge in [0.15, 0.2) is 0 Å². The summed E-state index contributed by atoms with van der Waals surface area (Å²) in [7, 11) is 0. The van der Waals surface area contributed by atoms with E-state index in [4.69, 9.17) is 0 Å². The molecule has 0 saturated heterocycles. The molecule has 2 N–H and O–H groups in total. The van der Waals surface area contributed by atoms with Gasteiger partial charge in [-0.05, 0) is 45.2 Å². The van der Waals surface area contributed by atoms with Gasteiger partial charge in [0.2, 0.25) is 0 Å². The van der Waals surface area contributed by atoms with Crippen molar-refractivity contribution in [3.05, 3.63) is 34.9 Å². The first kappa shape index (κ1) is 14.2. The topological polar surface area (TPSA) is 32.3 Å². The Bertz CT molecular complexity index is 375. The van der Waals surface area contributed by atoms with Crippen molar-refractivity contribution in [3.63, 3.8) is 0 Å². The maximum absolute atomic E-state index is 9.74. The van der Waals surface area contributed by atoms with Gasteiger partial charge in [-0.2, -0.15) is 0 Å². The highest BCUT2D eigenvalue weighted by molar-refractivity contribution is 5.36. The van der Waals surface area contributed by atoms with Gasteiger partial charge in [0.25, 0.3) is 0 Å². The summed E-state index contributed by atoms with van der Waals surface area (Å²) in [6.07, 6.45) is 1.06. The molecule has 0 aliphatic heterocycles. The van der Waals surface area contributed by atoms with Crippen LogP contribution in [0.2, 0.25) is 0 Å². The number of hydrogen-bond donors (Lipinski definition) is 2. The number of aliphatic hydroxyl groups excluding tert-OH is 1. The highest BCUT2D eigenvalue weighted by atomic mass is 16.3. The molecule has 0 bridgehead atoms. The predicted octanol–water partition coefficient (Wildman–Crippen LogP) is 2.90. The van der Waals surface area contributed by atoms with Crippen LogP contribution in [0.5, 0.6) is 0 Å². The fourth-order valence-electron chi connectivity index (χ4n) is 2.18. The first-order chi connectivity index (χ1) is 7.92. The summed E-state index contributed by atoms with van der Waals surface area (Å²) in [5.41, 5.74) is 3.30. The van der Waals surface area contributed by atoms with Crippen LogP contribution >= 0.6 is 0 Å². The Morgan fingerprint density at radius 2 is 2.00 bits per heavy atom. The summed E-state index contributed by atoms with van der Waals surface area (Å²) in [4.78, 5) is 0. The molecule has 2 nitrogen and oxygen atoms in total. The predicted molar refractivity (Wildman–Crippen MR) is 73.2 cm³/mol. The standard InChI is InChI=1S/C15H25NO/c1-6-13(4)16-15(5,10-17)14-9-11(2)7-8-12(14)3/h7-9,13,16-17H,6,10H2,1-5H3. The lowest BCUT2D eigenvalue weighted by molar-refractivity contribution is 0.162. The minimum Gasteiger partial charge on any atom is -0.394 e. The molecule has 0 heterocycles. The molecule has 0 spiro atoms. The molecule has 2 heteroatoms. The molecule has 0 amide bonds. The van der Waals surface area contributed by atoms with Crippen LogP contribution in [-0.2, 0) is 5.54 Å². The molecule has 2 atom stereocenters. The van der Waals surface area contributed by atoms with Crippen LogP contribution in [-0.4, -0.2) is 17.8 Å². The van der Waals surface area contributed by atoms with Crippen molar-refractivity contribution in [2.75, 3.05) is 6.61 Å². The Balaban J connectivity index is 3.10. The van der Waals surface area contributed by atoms with E-state index in [1.165, 1.54) is 16.7 Å². The fraction of sp³-hybridized carbons (Fsp3) is 0.600. The SMILES string of the molecule is CCC(C)NC(C)(CO)c1cc(C)ccc1C. The maximum Gasteiger partial charge on any atom is 0.0652 e. The van der Waals surface area contributed by atoms with Crippen molar-refractivity contribution in [3.8, 4) is 0 Å². The van der Waals surface area contributed by atoms with E-state index in [1.54, 1.807) is 0 Å². The summed E-state index contributed by atoms with van der Waals surface area (Å²) in [5.74, 6) is 0. The molecule has 0 aliphatic carbocycles. The average molecular weight is 235 g/mol. The molecule has 2 unspecified atom stereocenters. The van der Waals surface area contributed by atoms with Crippen molar-refractivity contribution >= 4 is 0 Å². The van der Waals surface area contributed by atoms with E-state index >= 15 is 0 Å². The number of benzene rings is 1. The van der Waals surface area contributed by atoms with Crippen molar-refractivity contribution in [2.24, 2.45) is 0 Å². The molecule has 1 rings (SSSR count). The van der Waals surface area contributed by atoms with Crippen molar-refractivity contribution in [1.29, 1.82) is 0 Å². The number of nitrogens with one attached hydrogen (secondary N) is 1. The highest BCUT2D eigenvalue weighted by Gasteiger charge is 2.28. The van der Waals surface area contributed by atoms with E-state index < -0.39 is 0 Å². The number of aliphatic hydroxyl groups is 1. The van der Waals surface area contributed by atoms with Crippen molar-refractivity contribution in [2.45, 2.75) is 52.6 Å². The van der Waals surface area contributed by atoms with Gasteiger partial charge in [0, 0.05) is 6.04 Å². The summed E-state index contributed by atoms with van der Waals surface area (Å²) >= 11 is 0. The van der Waals surface area contributed by atoms with E-state index in [0.717, 1.165) is 6.42 Å². The second-order valence-corrected chi connectivity index (χ2v) is 5.26. The number of aryl methyl sites for hydroxylation is 2. The summed E-state index contributed by atoms with van der Waals surface area (Å²) in [6.45, 7) is 10.7. The third-order valence-corrected chi connectivity index (χ3v) is 3.48. The highest BCUT2D eigenvalue weighted by Crippen LogP contribution is 2.25. The van der Waals surface area contributed by atoms with Gasteiger partial charge in [-0.1, -0.05) is 30.7 Å². The Kier molecular flexibility index (Phi) is 4.72. The Morgan fingerprint density at radius 3 is 2.53 bits per heavy atom. The minimum atomic E-state index is -0.356. The van der Waals surface area contributed by atoms with E-state index in [0.29, 0.717) is 6.04 Å². The van der Waals surface area contributed by atoms with Crippen molar-refractivity contribution < 1.29 is 5.11 Å². The monoisotopic (exact) mass is 235 g/mol. The van der Waals surface area contributed by atoms with E-state index in [9.17, 15) is 5.11 Å². The van der Waals surface area contributed by atoms with Crippen LogP contribution in [0.4, 0.5) is 0 Å². The second-order valence-electron chi connectivity index (χ2n) is 5.26. The van der Waals surface area contributed by atoms with Crippen LogP contribution in [0, 0.1) is 13.8 Å². The van der Waals surface area contributed by atoms with E-state index in [-0.39, 0.29) is 12.1 Å².